The van der Waals surface area contributed by atoms with E-state index in [9.17, 15) is 4.39 Å². The van der Waals surface area contributed by atoms with Gasteiger partial charge in [-0.1, -0.05) is 30.7 Å². The van der Waals surface area contributed by atoms with Crippen LogP contribution < -0.4 is 5.32 Å². The molecule has 0 spiro atoms. The van der Waals surface area contributed by atoms with Crippen molar-refractivity contribution >= 4 is 11.6 Å². The lowest BCUT2D eigenvalue weighted by Gasteiger charge is -2.33. The Morgan fingerprint density at radius 3 is 2.87 bits per heavy atom. The largest absolute Gasteiger partial charge is 0.310 e. The third kappa shape index (κ3) is 2.50. The zero-order chi connectivity index (χ0) is 10.8. The predicted molar refractivity (Wildman–Crippen MR) is 60.4 cm³/mol. The van der Waals surface area contributed by atoms with Crippen LogP contribution in [0.1, 0.15) is 25.3 Å². The molecule has 1 aromatic rings. The topological polar surface area (TPSA) is 12.0 Å². The predicted octanol–water partition coefficient (Wildman–Crippen LogP) is 3.37. The molecule has 0 atom stereocenters. The standard InChI is InChI=1S/C12H15ClFN/c1-8-5-10(6-8)15-7-9-3-2-4-11(14)12(9)13/h2-4,8,10,15H,5-7H2,1H3. The molecule has 1 aliphatic rings. The zero-order valence-electron chi connectivity index (χ0n) is 8.76. The van der Waals surface area contributed by atoms with Crippen molar-refractivity contribution in [2.24, 2.45) is 5.92 Å². The van der Waals surface area contributed by atoms with Crippen molar-refractivity contribution in [1.82, 2.24) is 5.32 Å². The van der Waals surface area contributed by atoms with Crippen LogP contribution in [0.15, 0.2) is 18.2 Å². The van der Waals surface area contributed by atoms with Gasteiger partial charge in [0.1, 0.15) is 5.82 Å². The summed E-state index contributed by atoms with van der Waals surface area (Å²) in [6, 6.07) is 5.53. The fourth-order valence-electron chi connectivity index (χ4n) is 2.01. The monoisotopic (exact) mass is 227 g/mol. The summed E-state index contributed by atoms with van der Waals surface area (Å²) in [5.74, 6) is 0.489. The summed E-state index contributed by atoms with van der Waals surface area (Å²) in [4.78, 5) is 0. The summed E-state index contributed by atoms with van der Waals surface area (Å²) >= 11 is 5.85. The van der Waals surface area contributed by atoms with Gasteiger partial charge in [0.2, 0.25) is 0 Å². The van der Waals surface area contributed by atoms with Gasteiger partial charge in [-0.25, -0.2) is 4.39 Å². The number of nitrogens with one attached hydrogen (secondary N) is 1. The highest BCUT2D eigenvalue weighted by Crippen LogP contribution is 2.27. The molecule has 1 nitrogen and oxygen atoms in total. The van der Waals surface area contributed by atoms with Gasteiger partial charge >= 0.3 is 0 Å². The first-order valence-electron chi connectivity index (χ1n) is 5.33. The fraction of sp³-hybridized carbons (Fsp3) is 0.500. The molecular formula is C12H15ClFN. The Bertz CT molecular complexity index is 347. The van der Waals surface area contributed by atoms with Gasteiger partial charge in [-0.3, -0.25) is 0 Å². The normalized spacial score (nSPS) is 25.0. The van der Waals surface area contributed by atoms with Crippen LogP contribution >= 0.6 is 11.6 Å². The Kier molecular flexibility index (Phi) is 3.27. The highest BCUT2D eigenvalue weighted by molar-refractivity contribution is 6.31. The molecular weight excluding hydrogens is 213 g/mol. The molecule has 2 rings (SSSR count). The summed E-state index contributed by atoms with van der Waals surface area (Å²) in [6.07, 6.45) is 2.43. The summed E-state index contributed by atoms with van der Waals surface area (Å²) in [6.45, 7) is 2.90. The second-order valence-electron chi connectivity index (χ2n) is 4.37. The first-order valence-corrected chi connectivity index (χ1v) is 5.71. The molecule has 15 heavy (non-hydrogen) atoms. The molecule has 0 saturated heterocycles. The van der Waals surface area contributed by atoms with Crippen LogP contribution in [0.25, 0.3) is 0 Å². The highest BCUT2D eigenvalue weighted by Gasteiger charge is 2.24. The van der Waals surface area contributed by atoms with Crippen molar-refractivity contribution in [2.75, 3.05) is 0 Å². The van der Waals surface area contributed by atoms with E-state index in [1.54, 1.807) is 6.07 Å². The summed E-state index contributed by atoms with van der Waals surface area (Å²) in [7, 11) is 0. The van der Waals surface area contributed by atoms with Crippen LogP contribution in [0.2, 0.25) is 5.02 Å². The van der Waals surface area contributed by atoms with E-state index < -0.39 is 0 Å². The van der Waals surface area contributed by atoms with Gasteiger partial charge in [-0.2, -0.15) is 0 Å². The Morgan fingerprint density at radius 2 is 2.20 bits per heavy atom. The van der Waals surface area contributed by atoms with E-state index in [1.807, 2.05) is 6.07 Å². The average molecular weight is 228 g/mol. The minimum atomic E-state index is -0.335. The fourth-order valence-corrected chi connectivity index (χ4v) is 2.20. The summed E-state index contributed by atoms with van der Waals surface area (Å²) in [5.41, 5.74) is 0.844. The molecule has 0 aromatic heterocycles. The first-order chi connectivity index (χ1) is 7.16. The van der Waals surface area contributed by atoms with E-state index in [4.69, 9.17) is 11.6 Å². The summed E-state index contributed by atoms with van der Waals surface area (Å²) < 4.78 is 13.1. The van der Waals surface area contributed by atoms with Crippen molar-refractivity contribution in [3.63, 3.8) is 0 Å². The lowest BCUT2D eigenvalue weighted by molar-refractivity contribution is 0.240. The Labute approximate surface area is 94.6 Å². The van der Waals surface area contributed by atoms with Crippen LogP contribution in [0.5, 0.6) is 0 Å². The molecule has 1 aromatic carbocycles. The molecule has 0 radical (unpaired) electrons. The quantitative estimate of drug-likeness (QED) is 0.835. The lowest BCUT2D eigenvalue weighted by atomic mass is 9.82. The van der Waals surface area contributed by atoms with Gasteiger partial charge in [-0.05, 0) is 30.4 Å². The first kappa shape index (κ1) is 10.9. The van der Waals surface area contributed by atoms with Crippen molar-refractivity contribution in [3.05, 3.63) is 34.6 Å². The Hall–Kier alpha value is -0.600. The van der Waals surface area contributed by atoms with Crippen molar-refractivity contribution in [1.29, 1.82) is 0 Å². The van der Waals surface area contributed by atoms with Gasteiger partial charge in [0.05, 0.1) is 5.02 Å². The van der Waals surface area contributed by atoms with Gasteiger partial charge in [-0.15, -0.1) is 0 Å². The molecule has 1 N–H and O–H groups in total. The van der Waals surface area contributed by atoms with Gasteiger partial charge in [0.15, 0.2) is 0 Å². The van der Waals surface area contributed by atoms with Crippen molar-refractivity contribution in [3.8, 4) is 0 Å². The number of hydrogen-bond donors (Lipinski definition) is 1. The molecule has 0 amide bonds. The maximum atomic E-state index is 13.1. The Morgan fingerprint density at radius 1 is 1.47 bits per heavy atom. The van der Waals surface area contributed by atoms with E-state index in [0.717, 1.165) is 11.5 Å². The maximum absolute atomic E-state index is 13.1. The van der Waals surface area contributed by atoms with Crippen LogP contribution in [0.3, 0.4) is 0 Å². The molecule has 1 aliphatic carbocycles. The summed E-state index contributed by atoms with van der Waals surface area (Å²) in [5, 5.41) is 3.63. The van der Waals surface area contributed by atoms with Gasteiger partial charge < -0.3 is 5.32 Å². The van der Waals surface area contributed by atoms with E-state index in [2.05, 4.69) is 12.2 Å². The average Bonchev–Trinajstić information content (AvgIpc) is 2.17. The third-order valence-corrected chi connectivity index (χ3v) is 3.41. The van der Waals surface area contributed by atoms with Gasteiger partial charge in [0.25, 0.3) is 0 Å². The van der Waals surface area contributed by atoms with Gasteiger partial charge in [0, 0.05) is 12.6 Å². The molecule has 0 aliphatic heterocycles. The van der Waals surface area contributed by atoms with Crippen LogP contribution in [-0.2, 0) is 6.54 Å². The molecule has 0 unspecified atom stereocenters. The van der Waals surface area contributed by atoms with E-state index >= 15 is 0 Å². The lowest BCUT2D eigenvalue weighted by Crippen LogP contribution is -2.39. The minimum absolute atomic E-state index is 0.248. The second kappa shape index (κ2) is 4.50. The molecule has 0 heterocycles. The van der Waals surface area contributed by atoms with E-state index in [0.29, 0.717) is 12.6 Å². The number of halogens is 2. The van der Waals surface area contributed by atoms with Crippen LogP contribution in [0, 0.1) is 11.7 Å². The number of benzene rings is 1. The highest BCUT2D eigenvalue weighted by atomic mass is 35.5. The number of hydrogen-bond acceptors (Lipinski definition) is 1. The molecule has 1 saturated carbocycles. The van der Waals surface area contributed by atoms with Crippen LogP contribution in [0.4, 0.5) is 4.39 Å². The smallest absolute Gasteiger partial charge is 0.142 e. The SMILES string of the molecule is CC1CC(NCc2cccc(F)c2Cl)C1. The maximum Gasteiger partial charge on any atom is 0.142 e. The second-order valence-corrected chi connectivity index (χ2v) is 4.75. The van der Waals surface area contributed by atoms with Crippen LogP contribution in [-0.4, -0.2) is 6.04 Å². The molecule has 3 heteroatoms. The Balaban J connectivity index is 1.91. The number of rotatable bonds is 3. The molecule has 1 fully saturated rings. The van der Waals surface area contributed by atoms with Crippen molar-refractivity contribution in [2.45, 2.75) is 32.4 Å². The van der Waals surface area contributed by atoms with E-state index in [1.165, 1.54) is 18.9 Å². The zero-order valence-corrected chi connectivity index (χ0v) is 9.52. The van der Waals surface area contributed by atoms with Crippen molar-refractivity contribution < 1.29 is 4.39 Å². The molecule has 82 valence electrons. The third-order valence-electron chi connectivity index (χ3n) is 2.99. The minimum Gasteiger partial charge on any atom is -0.310 e. The van der Waals surface area contributed by atoms with E-state index in [-0.39, 0.29) is 10.8 Å². The molecule has 0 bridgehead atoms.